The standard InChI is InChI=1S/C25H26N4O4S/c1-26-24(30)19-7-5-9-21(17-19)27-25(31)20-8-6-12-23(18-20)34(32,33)29-15-13-28(14-16-29)22-10-3-2-4-11-22/h2-12,17-18H,13-16H2,1H3,(H,26,30)(H,27,31). The summed E-state index contributed by atoms with van der Waals surface area (Å²) in [6, 6.07) is 22.4. The maximum absolute atomic E-state index is 13.2. The summed E-state index contributed by atoms with van der Waals surface area (Å²) in [4.78, 5) is 26.9. The molecular formula is C25H26N4O4S. The molecule has 9 heteroatoms. The molecule has 3 aromatic rings. The number of carbonyl (C=O) groups is 2. The quantitative estimate of drug-likeness (QED) is 0.568. The Morgan fingerprint density at radius 1 is 0.765 bits per heavy atom. The monoisotopic (exact) mass is 478 g/mol. The fraction of sp³-hybridized carbons (Fsp3) is 0.200. The van der Waals surface area contributed by atoms with Gasteiger partial charge in [0, 0.05) is 55.7 Å². The van der Waals surface area contributed by atoms with E-state index in [2.05, 4.69) is 15.5 Å². The molecule has 0 unspecified atom stereocenters. The first-order chi connectivity index (χ1) is 16.4. The van der Waals surface area contributed by atoms with Gasteiger partial charge in [0.05, 0.1) is 4.90 Å². The predicted octanol–water partition coefficient (Wildman–Crippen LogP) is 2.81. The van der Waals surface area contributed by atoms with Crippen LogP contribution in [-0.2, 0) is 10.0 Å². The fourth-order valence-electron chi connectivity index (χ4n) is 3.86. The molecule has 4 rings (SSSR count). The lowest BCUT2D eigenvalue weighted by molar-refractivity contribution is 0.0961. The van der Waals surface area contributed by atoms with Crippen LogP contribution in [0.2, 0.25) is 0 Å². The molecule has 1 heterocycles. The summed E-state index contributed by atoms with van der Waals surface area (Å²) in [6.07, 6.45) is 0. The van der Waals surface area contributed by atoms with E-state index in [4.69, 9.17) is 0 Å². The van der Waals surface area contributed by atoms with Crippen LogP contribution in [0.4, 0.5) is 11.4 Å². The van der Waals surface area contributed by atoms with Gasteiger partial charge in [-0.3, -0.25) is 9.59 Å². The first-order valence-electron chi connectivity index (χ1n) is 10.9. The molecule has 2 amide bonds. The Labute approximate surface area is 199 Å². The molecule has 1 aliphatic heterocycles. The van der Waals surface area contributed by atoms with Crippen molar-refractivity contribution in [1.82, 2.24) is 9.62 Å². The van der Waals surface area contributed by atoms with E-state index in [9.17, 15) is 18.0 Å². The lowest BCUT2D eigenvalue weighted by atomic mass is 10.1. The van der Waals surface area contributed by atoms with E-state index in [1.54, 1.807) is 36.4 Å². The van der Waals surface area contributed by atoms with Crippen LogP contribution in [0.5, 0.6) is 0 Å². The molecule has 8 nitrogen and oxygen atoms in total. The largest absolute Gasteiger partial charge is 0.369 e. The van der Waals surface area contributed by atoms with Crippen molar-refractivity contribution in [1.29, 1.82) is 0 Å². The lowest BCUT2D eigenvalue weighted by Crippen LogP contribution is -2.48. The Morgan fingerprint density at radius 3 is 2.09 bits per heavy atom. The average molecular weight is 479 g/mol. The van der Waals surface area contributed by atoms with Crippen molar-refractivity contribution in [3.05, 3.63) is 90.0 Å². The van der Waals surface area contributed by atoms with Gasteiger partial charge in [-0.25, -0.2) is 8.42 Å². The van der Waals surface area contributed by atoms with Crippen LogP contribution in [0, 0.1) is 0 Å². The van der Waals surface area contributed by atoms with Gasteiger partial charge in [-0.15, -0.1) is 0 Å². The van der Waals surface area contributed by atoms with E-state index in [-0.39, 0.29) is 16.4 Å². The summed E-state index contributed by atoms with van der Waals surface area (Å²) in [5.74, 6) is -0.725. The zero-order valence-electron chi connectivity index (χ0n) is 18.8. The number of hydrogen-bond acceptors (Lipinski definition) is 5. The molecule has 2 N–H and O–H groups in total. The average Bonchev–Trinajstić information content (AvgIpc) is 2.89. The van der Waals surface area contributed by atoms with Gasteiger partial charge in [-0.1, -0.05) is 30.3 Å². The van der Waals surface area contributed by atoms with Crippen molar-refractivity contribution >= 4 is 33.2 Å². The summed E-state index contributed by atoms with van der Waals surface area (Å²) >= 11 is 0. The summed E-state index contributed by atoms with van der Waals surface area (Å²) in [7, 11) is -2.22. The highest BCUT2D eigenvalue weighted by atomic mass is 32.2. The number of carbonyl (C=O) groups excluding carboxylic acids is 2. The number of nitrogens with one attached hydrogen (secondary N) is 2. The Kier molecular flexibility index (Phi) is 6.95. The molecule has 0 atom stereocenters. The SMILES string of the molecule is CNC(=O)c1cccc(NC(=O)c2cccc(S(=O)(=O)N3CCN(c4ccccc4)CC3)c2)c1. The lowest BCUT2D eigenvalue weighted by Gasteiger charge is -2.35. The number of nitrogens with zero attached hydrogens (tertiary/aromatic N) is 2. The number of para-hydroxylation sites is 1. The van der Waals surface area contributed by atoms with Crippen LogP contribution in [-0.4, -0.2) is 57.8 Å². The molecule has 34 heavy (non-hydrogen) atoms. The zero-order chi connectivity index (χ0) is 24.1. The Bertz CT molecular complexity index is 1290. The summed E-state index contributed by atoms with van der Waals surface area (Å²) in [6.45, 7) is 1.90. The van der Waals surface area contributed by atoms with E-state index in [0.29, 0.717) is 37.4 Å². The molecule has 176 valence electrons. The Morgan fingerprint density at radius 2 is 1.41 bits per heavy atom. The van der Waals surface area contributed by atoms with Crippen LogP contribution in [0.1, 0.15) is 20.7 Å². The topological polar surface area (TPSA) is 98.8 Å². The molecule has 1 saturated heterocycles. The maximum Gasteiger partial charge on any atom is 0.255 e. The van der Waals surface area contributed by atoms with Crippen LogP contribution in [0.3, 0.4) is 0 Å². The molecule has 0 saturated carbocycles. The molecule has 1 aliphatic rings. The number of rotatable bonds is 6. The minimum absolute atomic E-state index is 0.0763. The number of benzene rings is 3. The van der Waals surface area contributed by atoms with Gasteiger partial charge >= 0.3 is 0 Å². The van der Waals surface area contributed by atoms with E-state index in [1.807, 2.05) is 30.3 Å². The molecule has 0 spiro atoms. The minimum atomic E-state index is -3.74. The fourth-order valence-corrected chi connectivity index (χ4v) is 5.33. The number of amides is 2. The second-order valence-electron chi connectivity index (χ2n) is 7.87. The van der Waals surface area contributed by atoms with Crippen LogP contribution in [0.15, 0.2) is 83.8 Å². The first-order valence-corrected chi connectivity index (χ1v) is 12.4. The number of hydrogen-bond donors (Lipinski definition) is 2. The molecule has 0 aromatic heterocycles. The summed E-state index contributed by atoms with van der Waals surface area (Å²) in [5.41, 5.74) is 2.13. The predicted molar refractivity (Wildman–Crippen MR) is 132 cm³/mol. The molecular weight excluding hydrogens is 452 g/mol. The highest BCUT2D eigenvalue weighted by Gasteiger charge is 2.29. The molecule has 0 radical (unpaired) electrons. The first kappa shape index (κ1) is 23.5. The summed E-state index contributed by atoms with van der Waals surface area (Å²) < 4.78 is 27.9. The third-order valence-corrected chi connectivity index (χ3v) is 7.60. The van der Waals surface area contributed by atoms with Crippen LogP contribution < -0.4 is 15.5 Å². The number of piperazine rings is 1. The van der Waals surface area contributed by atoms with E-state index in [0.717, 1.165) is 5.69 Å². The van der Waals surface area contributed by atoms with Gasteiger partial charge in [-0.2, -0.15) is 4.31 Å². The van der Waals surface area contributed by atoms with Gasteiger partial charge in [0.15, 0.2) is 0 Å². The van der Waals surface area contributed by atoms with Gasteiger partial charge in [-0.05, 0) is 48.5 Å². The third kappa shape index (κ3) is 5.11. The smallest absolute Gasteiger partial charge is 0.255 e. The van der Waals surface area contributed by atoms with Crippen LogP contribution >= 0.6 is 0 Å². The second kappa shape index (κ2) is 10.1. The molecule has 0 aliphatic carbocycles. The van der Waals surface area contributed by atoms with Crippen molar-refractivity contribution < 1.29 is 18.0 Å². The van der Waals surface area contributed by atoms with E-state index in [1.165, 1.54) is 23.5 Å². The normalized spacial score (nSPS) is 14.4. The minimum Gasteiger partial charge on any atom is -0.369 e. The molecule has 0 bridgehead atoms. The van der Waals surface area contributed by atoms with Gasteiger partial charge < -0.3 is 15.5 Å². The number of anilines is 2. The van der Waals surface area contributed by atoms with Gasteiger partial charge in [0.25, 0.3) is 11.8 Å². The Hall–Kier alpha value is -3.69. The van der Waals surface area contributed by atoms with Crippen molar-refractivity contribution in [2.24, 2.45) is 0 Å². The maximum atomic E-state index is 13.2. The Balaban J connectivity index is 1.46. The molecule has 3 aromatic carbocycles. The van der Waals surface area contributed by atoms with Crippen molar-refractivity contribution in [3.63, 3.8) is 0 Å². The van der Waals surface area contributed by atoms with Crippen molar-refractivity contribution in [3.8, 4) is 0 Å². The van der Waals surface area contributed by atoms with E-state index < -0.39 is 15.9 Å². The highest BCUT2D eigenvalue weighted by Crippen LogP contribution is 2.22. The van der Waals surface area contributed by atoms with Crippen LogP contribution in [0.25, 0.3) is 0 Å². The zero-order valence-corrected chi connectivity index (χ0v) is 19.6. The van der Waals surface area contributed by atoms with Crippen molar-refractivity contribution in [2.45, 2.75) is 4.90 Å². The van der Waals surface area contributed by atoms with Gasteiger partial charge in [0.2, 0.25) is 10.0 Å². The summed E-state index contributed by atoms with van der Waals surface area (Å²) in [5, 5.41) is 5.26. The van der Waals surface area contributed by atoms with E-state index >= 15 is 0 Å². The molecule has 1 fully saturated rings. The highest BCUT2D eigenvalue weighted by molar-refractivity contribution is 7.89. The third-order valence-electron chi connectivity index (χ3n) is 5.70. The number of sulfonamides is 1. The van der Waals surface area contributed by atoms with Gasteiger partial charge in [0.1, 0.15) is 0 Å². The van der Waals surface area contributed by atoms with Crippen molar-refractivity contribution in [2.75, 3.05) is 43.4 Å². The second-order valence-corrected chi connectivity index (χ2v) is 9.81.